The van der Waals surface area contributed by atoms with Gasteiger partial charge in [-0.3, -0.25) is 4.79 Å². The highest BCUT2D eigenvalue weighted by molar-refractivity contribution is 5.76. The average Bonchev–Trinajstić information content (AvgIpc) is 3.12. The zero-order valence-corrected chi connectivity index (χ0v) is 34.1. The van der Waals surface area contributed by atoms with Crippen molar-refractivity contribution in [2.24, 2.45) is 50.2 Å². The Labute approximate surface area is 330 Å². The van der Waals surface area contributed by atoms with Crippen LogP contribution >= 0.6 is 0 Å². The molecule has 7 aliphatic rings. The Hall–Kier alpha value is -1.27. The summed E-state index contributed by atoms with van der Waals surface area (Å²) in [5, 5.41) is 96.5. The standard InChI is InChI=1S/C42H68O14/c1-37(2)12-14-42(36(51)52)15-13-40(6)20(21(42)16-37)8-9-26-39(5)17-22(45)33(38(3,4)25(39)10-11-41(26,40)7)56-35-31(50)32(28(47)24(19-44)54-35)55-34-30(49)29(48)27(46)23(18-43)53-34/h8,21-35,43-50H,9-19H2,1-7H3,(H,51,52)/t21-,22-,23+,24+,25-,26+,27-,28+,29-,30+,31+,32-,33-,34-,35-,39-,40+,41+,42-/m0/s1. The van der Waals surface area contributed by atoms with E-state index in [-0.39, 0.29) is 39.4 Å². The molecule has 19 atom stereocenters. The predicted octanol–water partition coefficient (Wildman–Crippen LogP) is 1.85. The Kier molecular flexibility index (Phi) is 11.0. The van der Waals surface area contributed by atoms with Crippen molar-refractivity contribution in [3.63, 3.8) is 0 Å². The van der Waals surface area contributed by atoms with Crippen LogP contribution in [0.4, 0.5) is 0 Å². The first-order valence-electron chi connectivity index (χ1n) is 20.9. The normalized spacial score (nSPS) is 53.8. The Morgan fingerprint density at radius 2 is 1.34 bits per heavy atom. The van der Waals surface area contributed by atoms with Crippen LogP contribution in [0.25, 0.3) is 0 Å². The van der Waals surface area contributed by atoms with Crippen LogP contribution in [0.3, 0.4) is 0 Å². The van der Waals surface area contributed by atoms with Crippen LogP contribution in [-0.4, -0.2) is 139 Å². The fraction of sp³-hybridized carbons (Fsp3) is 0.929. The minimum atomic E-state index is -1.80. The molecule has 0 radical (unpaired) electrons. The first-order chi connectivity index (χ1) is 26.0. The van der Waals surface area contributed by atoms with Crippen molar-refractivity contribution in [2.75, 3.05) is 13.2 Å². The molecular formula is C42H68O14. The van der Waals surface area contributed by atoms with Gasteiger partial charge in [-0.2, -0.15) is 0 Å². The number of hydrogen-bond donors (Lipinski definition) is 9. The molecule has 0 unspecified atom stereocenters. The second-order valence-corrected chi connectivity index (χ2v) is 20.8. The molecule has 2 heterocycles. The summed E-state index contributed by atoms with van der Waals surface area (Å²) in [6.07, 6.45) is -8.33. The Morgan fingerprint density at radius 1 is 0.732 bits per heavy atom. The fourth-order valence-corrected chi connectivity index (χ4v) is 13.8. The molecule has 320 valence electrons. The van der Waals surface area contributed by atoms with Gasteiger partial charge in [0.2, 0.25) is 0 Å². The maximum Gasteiger partial charge on any atom is 0.310 e. The smallest absolute Gasteiger partial charge is 0.310 e. The number of fused-ring (bicyclic) bond motifs is 7. The van der Waals surface area contributed by atoms with Crippen LogP contribution in [0.15, 0.2) is 11.6 Å². The van der Waals surface area contributed by atoms with Crippen molar-refractivity contribution in [3.8, 4) is 0 Å². The average molecular weight is 797 g/mol. The van der Waals surface area contributed by atoms with E-state index < -0.39 is 104 Å². The van der Waals surface area contributed by atoms with Crippen LogP contribution in [0, 0.1) is 50.2 Å². The van der Waals surface area contributed by atoms with Gasteiger partial charge in [0.1, 0.15) is 48.8 Å². The molecule has 2 aliphatic heterocycles. The van der Waals surface area contributed by atoms with Crippen molar-refractivity contribution in [1.29, 1.82) is 0 Å². The number of aliphatic hydroxyl groups is 8. The predicted molar refractivity (Wildman–Crippen MR) is 199 cm³/mol. The molecule has 7 rings (SSSR count). The van der Waals surface area contributed by atoms with Crippen molar-refractivity contribution < 1.29 is 69.7 Å². The lowest BCUT2D eigenvalue weighted by atomic mass is 9.33. The van der Waals surface area contributed by atoms with Crippen LogP contribution in [-0.2, 0) is 23.7 Å². The molecule has 0 aromatic rings. The van der Waals surface area contributed by atoms with Gasteiger partial charge < -0.3 is 64.9 Å². The molecule has 14 heteroatoms. The number of ether oxygens (including phenoxy) is 4. The first-order valence-corrected chi connectivity index (χ1v) is 20.9. The minimum Gasteiger partial charge on any atom is -0.481 e. The third kappa shape index (κ3) is 6.21. The number of rotatable bonds is 7. The molecule has 0 aromatic heterocycles. The molecular weight excluding hydrogens is 728 g/mol. The van der Waals surface area contributed by atoms with Gasteiger partial charge in [0.25, 0.3) is 0 Å². The summed E-state index contributed by atoms with van der Waals surface area (Å²) >= 11 is 0. The van der Waals surface area contributed by atoms with Gasteiger partial charge in [-0.05, 0) is 103 Å². The van der Waals surface area contributed by atoms with Gasteiger partial charge in [0, 0.05) is 0 Å². The van der Waals surface area contributed by atoms with Crippen LogP contribution in [0.1, 0.15) is 106 Å². The molecule has 56 heavy (non-hydrogen) atoms. The molecule has 9 N–H and O–H groups in total. The van der Waals surface area contributed by atoms with Crippen molar-refractivity contribution in [3.05, 3.63) is 11.6 Å². The SMILES string of the molecule is CC1(C)CC[C@]2(C(=O)O)CC[C@]3(C)C(=CC[C@@H]4[C@@]5(C)C[C@H](O)[C@H](O[C@@H]6O[C@H](CO)[C@@H](O)[C@H](O[C@@H]7O[C@H](CO)[C@H](O)[C@H](O)[C@H]7O)[C@H]6O)C(C)(C)[C@@H]5CC[C@]43C)[C@@H]2C1. The third-order valence-corrected chi connectivity index (χ3v) is 17.2. The summed E-state index contributed by atoms with van der Waals surface area (Å²) in [5.41, 5.74) is -0.639. The van der Waals surface area contributed by atoms with E-state index in [4.69, 9.17) is 18.9 Å². The van der Waals surface area contributed by atoms with E-state index in [2.05, 4.69) is 54.5 Å². The number of aliphatic hydroxyl groups excluding tert-OH is 8. The number of carboxylic acids is 1. The van der Waals surface area contributed by atoms with Crippen molar-refractivity contribution in [2.45, 2.75) is 180 Å². The second kappa shape index (κ2) is 14.4. The maximum atomic E-state index is 13.1. The second-order valence-electron chi connectivity index (χ2n) is 20.8. The Bertz CT molecular complexity index is 1520. The highest BCUT2D eigenvalue weighted by atomic mass is 16.7. The topological polar surface area (TPSA) is 236 Å². The van der Waals surface area contributed by atoms with E-state index in [1.807, 2.05) is 0 Å². The van der Waals surface area contributed by atoms with Gasteiger partial charge in [-0.15, -0.1) is 0 Å². The molecule has 0 amide bonds. The molecule has 4 saturated carbocycles. The van der Waals surface area contributed by atoms with E-state index >= 15 is 0 Å². The monoisotopic (exact) mass is 796 g/mol. The fourth-order valence-electron chi connectivity index (χ4n) is 13.8. The highest BCUT2D eigenvalue weighted by Gasteiger charge is 2.70. The zero-order chi connectivity index (χ0) is 41.1. The van der Waals surface area contributed by atoms with Crippen molar-refractivity contribution in [1.82, 2.24) is 0 Å². The summed E-state index contributed by atoms with van der Waals surface area (Å²) in [4.78, 5) is 13.1. The molecule has 14 nitrogen and oxygen atoms in total. The number of carboxylic acid groups (broad SMARTS) is 1. The summed E-state index contributed by atoms with van der Waals surface area (Å²) in [6, 6.07) is 0. The molecule has 2 saturated heterocycles. The van der Waals surface area contributed by atoms with E-state index in [0.717, 1.165) is 38.5 Å². The van der Waals surface area contributed by atoms with Gasteiger partial charge >= 0.3 is 5.97 Å². The minimum absolute atomic E-state index is 0.00586. The maximum absolute atomic E-state index is 13.1. The number of hydrogen-bond acceptors (Lipinski definition) is 13. The third-order valence-electron chi connectivity index (χ3n) is 17.2. The van der Waals surface area contributed by atoms with Gasteiger partial charge in [0.15, 0.2) is 12.6 Å². The summed E-state index contributed by atoms with van der Waals surface area (Å²) in [5.74, 6) is -0.385. The van der Waals surface area contributed by atoms with Gasteiger partial charge in [-0.1, -0.05) is 60.1 Å². The number of carbonyl (C=O) groups is 1. The summed E-state index contributed by atoms with van der Waals surface area (Å²) in [6.45, 7) is 14.4. The van der Waals surface area contributed by atoms with Crippen LogP contribution in [0.2, 0.25) is 0 Å². The summed E-state index contributed by atoms with van der Waals surface area (Å²) < 4.78 is 23.7. The van der Waals surface area contributed by atoms with E-state index in [9.17, 15) is 50.8 Å². The lowest BCUT2D eigenvalue weighted by Crippen LogP contribution is -2.69. The number of aliphatic carboxylic acids is 1. The zero-order valence-electron chi connectivity index (χ0n) is 34.1. The first kappa shape index (κ1) is 42.8. The Balaban J connectivity index is 1.14. The van der Waals surface area contributed by atoms with Crippen LogP contribution in [0.5, 0.6) is 0 Å². The largest absolute Gasteiger partial charge is 0.481 e. The quantitative estimate of drug-likeness (QED) is 0.132. The lowest BCUT2D eigenvalue weighted by molar-refractivity contribution is -0.374. The Morgan fingerprint density at radius 3 is 1.96 bits per heavy atom. The van der Waals surface area contributed by atoms with Crippen LogP contribution < -0.4 is 0 Å². The molecule has 6 fully saturated rings. The summed E-state index contributed by atoms with van der Waals surface area (Å²) in [7, 11) is 0. The lowest BCUT2D eigenvalue weighted by Gasteiger charge is -2.71. The molecule has 0 spiro atoms. The molecule has 0 bridgehead atoms. The number of allylic oxidation sites excluding steroid dienone is 2. The van der Waals surface area contributed by atoms with E-state index in [0.29, 0.717) is 19.3 Å². The van der Waals surface area contributed by atoms with Gasteiger partial charge in [-0.25, -0.2) is 0 Å². The molecule has 0 aromatic carbocycles. The highest BCUT2D eigenvalue weighted by Crippen LogP contribution is 2.76. The molecule has 5 aliphatic carbocycles. The van der Waals surface area contributed by atoms with E-state index in [1.165, 1.54) is 5.57 Å². The van der Waals surface area contributed by atoms with Crippen molar-refractivity contribution >= 4 is 5.97 Å². The van der Waals surface area contributed by atoms with Gasteiger partial charge in [0.05, 0.1) is 30.8 Å². The van der Waals surface area contributed by atoms with E-state index in [1.54, 1.807) is 0 Å².